The molecule has 0 saturated carbocycles. The first-order valence-electron chi connectivity index (χ1n) is 6.90. The van der Waals surface area contributed by atoms with Gasteiger partial charge in [0, 0.05) is 6.04 Å². The summed E-state index contributed by atoms with van der Waals surface area (Å²) in [7, 11) is 3.30. The highest BCUT2D eigenvalue weighted by molar-refractivity contribution is 5.56. The fourth-order valence-electron chi connectivity index (χ4n) is 2.60. The van der Waals surface area contributed by atoms with Crippen molar-refractivity contribution in [3.8, 4) is 17.2 Å². The summed E-state index contributed by atoms with van der Waals surface area (Å²) in [5, 5.41) is 3.51. The zero-order chi connectivity index (χ0) is 13.7. The standard InChI is InChI=1S/C15H23NO3/c1-4-19-14-11(10-12-6-5-9-16-12)7-8-13(17-2)15(14)18-3/h7-8,12,16H,4-6,9-10H2,1-3H3. The van der Waals surface area contributed by atoms with Crippen LogP contribution in [0.3, 0.4) is 0 Å². The van der Waals surface area contributed by atoms with Crippen molar-refractivity contribution < 1.29 is 14.2 Å². The van der Waals surface area contributed by atoms with Crippen LogP contribution in [0.2, 0.25) is 0 Å². The molecule has 1 heterocycles. The molecule has 0 aromatic heterocycles. The summed E-state index contributed by atoms with van der Waals surface area (Å²) in [6.07, 6.45) is 3.44. The molecule has 2 rings (SSSR count). The number of hydrogen-bond donors (Lipinski definition) is 1. The number of methoxy groups -OCH3 is 2. The zero-order valence-electron chi connectivity index (χ0n) is 12.0. The van der Waals surface area contributed by atoms with Gasteiger partial charge in [0.2, 0.25) is 5.75 Å². The molecule has 1 aliphatic heterocycles. The van der Waals surface area contributed by atoms with Gasteiger partial charge in [-0.3, -0.25) is 0 Å². The number of rotatable bonds is 6. The molecule has 1 unspecified atom stereocenters. The predicted octanol–water partition coefficient (Wildman–Crippen LogP) is 2.40. The van der Waals surface area contributed by atoms with E-state index in [0.29, 0.717) is 24.1 Å². The van der Waals surface area contributed by atoms with E-state index in [1.165, 1.54) is 18.4 Å². The van der Waals surface area contributed by atoms with Crippen LogP contribution in [-0.2, 0) is 6.42 Å². The Hall–Kier alpha value is -1.42. The monoisotopic (exact) mass is 265 g/mol. The molecule has 0 amide bonds. The predicted molar refractivity (Wildman–Crippen MR) is 75.4 cm³/mol. The van der Waals surface area contributed by atoms with E-state index in [4.69, 9.17) is 14.2 Å². The van der Waals surface area contributed by atoms with Gasteiger partial charge < -0.3 is 19.5 Å². The van der Waals surface area contributed by atoms with Crippen LogP contribution in [0.4, 0.5) is 0 Å². The van der Waals surface area contributed by atoms with Gasteiger partial charge in [0.15, 0.2) is 11.5 Å². The normalized spacial score (nSPS) is 18.4. The summed E-state index contributed by atoms with van der Waals surface area (Å²) in [5.74, 6) is 2.23. The molecule has 1 aromatic carbocycles. The third-order valence-electron chi connectivity index (χ3n) is 3.50. The molecule has 19 heavy (non-hydrogen) atoms. The molecule has 4 nitrogen and oxygen atoms in total. The first-order chi connectivity index (χ1) is 9.30. The van der Waals surface area contributed by atoms with E-state index in [2.05, 4.69) is 11.4 Å². The molecule has 0 spiro atoms. The lowest BCUT2D eigenvalue weighted by molar-refractivity contribution is 0.293. The van der Waals surface area contributed by atoms with Crippen LogP contribution in [0.15, 0.2) is 12.1 Å². The van der Waals surface area contributed by atoms with Crippen molar-refractivity contribution in [1.29, 1.82) is 0 Å². The largest absolute Gasteiger partial charge is 0.493 e. The van der Waals surface area contributed by atoms with Gasteiger partial charge in [0.05, 0.1) is 20.8 Å². The summed E-state index contributed by atoms with van der Waals surface area (Å²) in [4.78, 5) is 0. The summed E-state index contributed by atoms with van der Waals surface area (Å²) in [5.41, 5.74) is 1.18. The third kappa shape index (κ3) is 3.13. The second kappa shape index (κ2) is 6.66. The fraction of sp³-hybridized carbons (Fsp3) is 0.600. The average Bonchev–Trinajstić information content (AvgIpc) is 2.93. The van der Waals surface area contributed by atoms with E-state index < -0.39 is 0 Å². The second-order valence-corrected chi connectivity index (χ2v) is 4.72. The summed E-state index contributed by atoms with van der Waals surface area (Å²) < 4.78 is 16.6. The maximum atomic E-state index is 5.78. The molecule has 106 valence electrons. The lowest BCUT2D eigenvalue weighted by Crippen LogP contribution is -2.24. The minimum Gasteiger partial charge on any atom is -0.493 e. The Balaban J connectivity index is 2.29. The molecule has 0 aliphatic carbocycles. The van der Waals surface area contributed by atoms with Gasteiger partial charge in [-0.05, 0) is 44.4 Å². The van der Waals surface area contributed by atoms with Gasteiger partial charge in [-0.15, -0.1) is 0 Å². The van der Waals surface area contributed by atoms with E-state index in [9.17, 15) is 0 Å². The Bertz CT molecular complexity index is 414. The number of benzene rings is 1. The summed E-state index contributed by atoms with van der Waals surface area (Å²) in [6, 6.07) is 4.56. The van der Waals surface area contributed by atoms with Crippen molar-refractivity contribution in [2.75, 3.05) is 27.4 Å². The van der Waals surface area contributed by atoms with Crippen LogP contribution in [0, 0.1) is 0 Å². The van der Waals surface area contributed by atoms with Crippen LogP contribution < -0.4 is 19.5 Å². The number of ether oxygens (including phenoxy) is 3. The Morgan fingerprint density at radius 2 is 2.05 bits per heavy atom. The van der Waals surface area contributed by atoms with Crippen LogP contribution in [0.25, 0.3) is 0 Å². The van der Waals surface area contributed by atoms with Crippen LogP contribution >= 0.6 is 0 Å². The van der Waals surface area contributed by atoms with E-state index in [1.54, 1.807) is 14.2 Å². The maximum absolute atomic E-state index is 5.78. The SMILES string of the molecule is CCOc1c(CC2CCCN2)ccc(OC)c1OC. The molecule has 1 aromatic rings. The first-order valence-corrected chi connectivity index (χ1v) is 6.90. The molecular formula is C15H23NO3. The molecule has 1 atom stereocenters. The van der Waals surface area contributed by atoms with Crippen LogP contribution in [0.1, 0.15) is 25.3 Å². The van der Waals surface area contributed by atoms with Gasteiger partial charge in [-0.2, -0.15) is 0 Å². The molecule has 1 aliphatic rings. The first kappa shape index (κ1) is 14.0. The zero-order valence-corrected chi connectivity index (χ0v) is 12.0. The van der Waals surface area contributed by atoms with E-state index in [1.807, 2.05) is 13.0 Å². The average molecular weight is 265 g/mol. The lowest BCUT2D eigenvalue weighted by atomic mass is 10.0. The van der Waals surface area contributed by atoms with E-state index in [-0.39, 0.29) is 0 Å². The minimum absolute atomic E-state index is 0.539. The summed E-state index contributed by atoms with van der Waals surface area (Å²) in [6.45, 7) is 3.72. The number of nitrogens with one attached hydrogen (secondary N) is 1. The highest BCUT2D eigenvalue weighted by atomic mass is 16.5. The van der Waals surface area contributed by atoms with Gasteiger partial charge in [-0.1, -0.05) is 6.07 Å². The molecule has 1 fully saturated rings. The quantitative estimate of drug-likeness (QED) is 0.857. The summed E-state index contributed by atoms with van der Waals surface area (Å²) >= 11 is 0. The molecule has 0 radical (unpaired) electrons. The molecule has 4 heteroatoms. The molecule has 1 N–H and O–H groups in total. The Morgan fingerprint density at radius 3 is 2.63 bits per heavy atom. The van der Waals surface area contributed by atoms with Crippen molar-refractivity contribution in [1.82, 2.24) is 5.32 Å². The van der Waals surface area contributed by atoms with Crippen molar-refractivity contribution >= 4 is 0 Å². The second-order valence-electron chi connectivity index (χ2n) is 4.72. The van der Waals surface area contributed by atoms with Gasteiger partial charge in [0.25, 0.3) is 0 Å². The van der Waals surface area contributed by atoms with E-state index in [0.717, 1.165) is 18.7 Å². The van der Waals surface area contributed by atoms with Gasteiger partial charge in [0.1, 0.15) is 0 Å². The fourth-order valence-corrected chi connectivity index (χ4v) is 2.60. The lowest BCUT2D eigenvalue weighted by Gasteiger charge is -2.18. The maximum Gasteiger partial charge on any atom is 0.203 e. The van der Waals surface area contributed by atoms with Crippen molar-refractivity contribution in [3.05, 3.63) is 17.7 Å². The molecule has 1 saturated heterocycles. The molecule has 0 bridgehead atoms. The smallest absolute Gasteiger partial charge is 0.203 e. The Morgan fingerprint density at radius 1 is 1.21 bits per heavy atom. The topological polar surface area (TPSA) is 39.7 Å². The minimum atomic E-state index is 0.539. The highest BCUT2D eigenvalue weighted by Gasteiger charge is 2.21. The van der Waals surface area contributed by atoms with Gasteiger partial charge in [-0.25, -0.2) is 0 Å². The number of hydrogen-bond acceptors (Lipinski definition) is 4. The van der Waals surface area contributed by atoms with Crippen molar-refractivity contribution in [2.24, 2.45) is 0 Å². The van der Waals surface area contributed by atoms with Crippen molar-refractivity contribution in [2.45, 2.75) is 32.2 Å². The van der Waals surface area contributed by atoms with Crippen LogP contribution in [-0.4, -0.2) is 33.4 Å². The van der Waals surface area contributed by atoms with Crippen LogP contribution in [0.5, 0.6) is 17.2 Å². The Labute approximate surface area is 115 Å². The van der Waals surface area contributed by atoms with Crippen molar-refractivity contribution in [3.63, 3.8) is 0 Å². The third-order valence-corrected chi connectivity index (χ3v) is 3.50. The van der Waals surface area contributed by atoms with E-state index >= 15 is 0 Å². The molecular weight excluding hydrogens is 242 g/mol. The Kier molecular flexibility index (Phi) is 4.91. The van der Waals surface area contributed by atoms with Gasteiger partial charge >= 0.3 is 0 Å². The highest BCUT2D eigenvalue weighted by Crippen LogP contribution is 2.40.